The van der Waals surface area contributed by atoms with Gasteiger partial charge in [-0.2, -0.15) is 0 Å². The Kier molecular flexibility index (Phi) is 6.24. The first kappa shape index (κ1) is 19.1. The molecule has 1 fully saturated rings. The predicted octanol–water partition coefficient (Wildman–Crippen LogP) is 1.16. The zero-order chi connectivity index (χ0) is 19.2. The van der Waals surface area contributed by atoms with E-state index >= 15 is 0 Å². The van der Waals surface area contributed by atoms with Gasteiger partial charge in [0.05, 0.1) is 37.9 Å². The number of carbonyl (C=O) groups excluding carboxylic acids is 3. The van der Waals surface area contributed by atoms with Gasteiger partial charge in [0.25, 0.3) is 0 Å². The second-order valence-corrected chi connectivity index (χ2v) is 7.22. The van der Waals surface area contributed by atoms with Gasteiger partial charge in [-0.1, -0.05) is 6.42 Å². The number of urea groups is 1. The summed E-state index contributed by atoms with van der Waals surface area (Å²) in [7, 11) is 1.32. The van der Waals surface area contributed by atoms with Crippen molar-refractivity contribution in [3.05, 3.63) is 17.7 Å². The van der Waals surface area contributed by atoms with Gasteiger partial charge in [-0.05, 0) is 31.1 Å². The second kappa shape index (κ2) is 8.81. The Morgan fingerprint density at radius 3 is 3.04 bits per heavy atom. The number of nitrogens with one attached hydrogen (secondary N) is 2. The number of fused-ring (bicyclic) bond motifs is 1. The van der Waals surface area contributed by atoms with Gasteiger partial charge in [0.2, 0.25) is 6.08 Å². The summed E-state index contributed by atoms with van der Waals surface area (Å²) in [5, 5.41) is 2.97. The summed E-state index contributed by atoms with van der Waals surface area (Å²) in [5.74, 6) is 0.273. The van der Waals surface area contributed by atoms with Crippen molar-refractivity contribution in [1.82, 2.24) is 20.2 Å². The number of isocyanates is 1. The number of nitrogens with zero attached hydrogens (tertiary/aromatic N) is 3. The van der Waals surface area contributed by atoms with E-state index in [0.29, 0.717) is 37.9 Å². The first-order chi connectivity index (χ1) is 13.1. The number of aromatic nitrogens is 2. The van der Waals surface area contributed by atoms with Crippen LogP contribution in [0.5, 0.6) is 0 Å². The van der Waals surface area contributed by atoms with E-state index in [4.69, 9.17) is 4.74 Å². The molecule has 1 aromatic rings. The highest BCUT2D eigenvalue weighted by Crippen LogP contribution is 2.29. The molecule has 9 nitrogen and oxygen atoms in total. The molecule has 2 N–H and O–H groups in total. The molecule has 3 unspecified atom stereocenters. The molecule has 1 aliphatic heterocycles. The van der Waals surface area contributed by atoms with E-state index in [1.807, 2.05) is 0 Å². The summed E-state index contributed by atoms with van der Waals surface area (Å²) in [4.78, 5) is 47.6. The third kappa shape index (κ3) is 4.54. The molecular weight excluding hydrogens is 350 g/mol. The number of imidazole rings is 1. The number of rotatable bonds is 5. The Hall–Kier alpha value is -2.67. The Morgan fingerprint density at radius 2 is 2.26 bits per heavy atom. The summed E-state index contributed by atoms with van der Waals surface area (Å²) in [6.45, 7) is 1.34. The number of hydrogen-bond acceptors (Lipinski definition) is 6. The third-order valence-corrected chi connectivity index (χ3v) is 5.48. The van der Waals surface area contributed by atoms with Crippen LogP contribution in [0.2, 0.25) is 0 Å². The number of H-pyrrole nitrogens is 1. The highest BCUT2D eigenvalue weighted by Gasteiger charge is 2.37. The van der Waals surface area contributed by atoms with Crippen LogP contribution in [0.1, 0.15) is 37.1 Å². The minimum Gasteiger partial charge on any atom is -0.467 e. The quantitative estimate of drug-likeness (QED) is 0.455. The van der Waals surface area contributed by atoms with Crippen molar-refractivity contribution >= 4 is 18.1 Å². The van der Waals surface area contributed by atoms with Gasteiger partial charge in [-0.15, -0.1) is 0 Å². The highest BCUT2D eigenvalue weighted by molar-refractivity contribution is 5.84. The first-order valence-corrected chi connectivity index (χ1v) is 9.29. The monoisotopic (exact) mass is 375 g/mol. The van der Waals surface area contributed by atoms with E-state index in [1.54, 1.807) is 12.4 Å². The molecule has 2 aliphatic rings. The van der Waals surface area contributed by atoms with Crippen molar-refractivity contribution < 1.29 is 19.1 Å². The molecule has 1 aliphatic carbocycles. The molecule has 2 heterocycles. The fourth-order valence-corrected chi connectivity index (χ4v) is 4.05. The maximum atomic E-state index is 12.8. The van der Waals surface area contributed by atoms with E-state index in [0.717, 1.165) is 37.1 Å². The van der Waals surface area contributed by atoms with Gasteiger partial charge in [0.15, 0.2) is 0 Å². The number of amides is 2. The molecule has 3 atom stereocenters. The molecule has 2 amide bonds. The number of aliphatic imine (C=N–C) groups is 1. The van der Waals surface area contributed by atoms with Crippen molar-refractivity contribution in [2.45, 2.75) is 44.7 Å². The molecule has 0 spiro atoms. The number of carbonyl (C=O) groups is 2. The fraction of sp³-hybridized carbons (Fsp3) is 0.667. The van der Waals surface area contributed by atoms with Crippen LogP contribution in [0.25, 0.3) is 0 Å². The zero-order valence-electron chi connectivity index (χ0n) is 15.4. The maximum absolute atomic E-state index is 12.8. The van der Waals surface area contributed by atoms with E-state index in [9.17, 15) is 14.4 Å². The normalized spacial score (nSPS) is 24.5. The SMILES string of the molecule is COC(=O)C1Cc2nc[nH]c2CN1C(=O)NCC1CCCC(CN=C=O)C1. The van der Waals surface area contributed by atoms with E-state index in [2.05, 4.69) is 20.3 Å². The van der Waals surface area contributed by atoms with Crippen molar-refractivity contribution in [2.75, 3.05) is 20.2 Å². The van der Waals surface area contributed by atoms with Gasteiger partial charge in [-0.25, -0.2) is 24.4 Å². The molecule has 146 valence electrons. The lowest BCUT2D eigenvalue weighted by atomic mass is 9.81. The maximum Gasteiger partial charge on any atom is 0.329 e. The van der Waals surface area contributed by atoms with Crippen molar-refractivity contribution in [1.29, 1.82) is 0 Å². The molecule has 1 saturated carbocycles. The lowest BCUT2D eigenvalue weighted by Gasteiger charge is -2.34. The number of esters is 1. The lowest BCUT2D eigenvalue weighted by molar-refractivity contribution is -0.146. The van der Waals surface area contributed by atoms with Crippen molar-refractivity contribution in [3.63, 3.8) is 0 Å². The van der Waals surface area contributed by atoms with Crippen LogP contribution in [0.4, 0.5) is 4.79 Å². The van der Waals surface area contributed by atoms with E-state index in [-0.39, 0.29) is 6.03 Å². The van der Waals surface area contributed by atoms with Gasteiger partial charge in [-0.3, -0.25) is 0 Å². The molecule has 1 aromatic heterocycles. The van der Waals surface area contributed by atoms with Crippen LogP contribution >= 0.6 is 0 Å². The van der Waals surface area contributed by atoms with Gasteiger partial charge in [0, 0.05) is 13.0 Å². The molecule has 27 heavy (non-hydrogen) atoms. The fourth-order valence-electron chi connectivity index (χ4n) is 4.05. The Labute approximate surface area is 157 Å². The van der Waals surface area contributed by atoms with Crippen LogP contribution in [0, 0.1) is 11.8 Å². The summed E-state index contributed by atoms with van der Waals surface area (Å²) in [6.07, 6.45) is 7.58. The van der Waals surface area contributed by atoms with E-state index < -0.39 is 12.0 Å². The lowest BCUT2D eigenvalue weighted by Crippen LogP contribution is -2.53. The average Bonchev–Trinajstić information content (AvgIpc) is 3.16. The molecule has 0 bridgehead atoms. The van der Waals surface area contributed by atoms with Crippen molar-refractivity contribution in [3.8, 4) is 0 Å². The first-order valence-electron chi connectivity index (χ1n) is 9.29. The Morgan fingerprint density at radius 1 is 1.44 bits per heavy atom. The smallest absolute Gasteiger partial charge is 0.329 e. The average molecular weight is 375 g/mol. The van der Waals surface area contributed by atoms with Crippen LogP contribution in [-0.4, -0.2) is 59.2 Å². The Bertz CT molecular complexity index is 727. The number of hydrogen-bond donors (Lipinski definition) is 2. The van der Waals surface area contributed by atoms with E-state index in [1.165, 1.54) is 12.0 Å². The minimum absolute atomic E-state index is 0.279. The number of ether oxygens (including phenoxy) is 1. The molecule has 0 radical (unpaired) electrons. The third-order valence-electron chi connectivity index (χ3n) is 5.48. The molecule has 9 heteroatoms. The predicted molar refractivity (Wildman–Crippen MR) is 95.5 cm³/mol. The van der Waals surface area contributed by atoms with Gasteiger partial charge < -0.3 is 19.9 Å². The summed E-state index contributed by atoms with van der Waals surface area (Å²) in [5.41, 5.74) is 1.63. The number of methoxy groups -OCH3 is 1. The summed E-state index contributed by atoms with van der Waals surface area (Å²) >= 11 is 0. The minimum atomic E-state index is -0.674. The Balaban J connectivity index is 1.59. The largest absolute Gasteiger partial charge is 0.467 e. The van der Waals surface area contributed by atoms with Crippen LogP contribution in [0.3, 0.4) is 0 Å². The van der Waals surface area contributed by atoms with Crippen LogP contribution in [-0.2, 0) is 27.3 Å². The summed E-state index contributed by atoms with van der Waals surface area (Å²) < 4.78 is 4.87. The highest BCUT2D eigenvalue weighted by atomic mass is 16.5. The van der Waals surface area contributed by atoms with Gasteiger partial charge >= 0.3 is 12.0 Å². The molecule has 0 aromatic carbocycles. The molecule has 3 rings (SSSR count). The molecular formula is C18H25N5O4. The summed E-state index contributed by atoms with van der Waals surface area (Å²) in [6, 6.07) is -0.953. The van der Waals surface area contributed by atoms with Gasteiger partial charge in [0.1, 0.15) is 6.04 Å². The van der Waals surface area contributed by atoms with Crippen LogP contribution in [0.15, 0.2) is 11.3 Å². The zero-order valence-corrected chi connectivity index (χ0v) is 15.4. The van der Waals surface area contributed by atoms with Crippen LogP contribution < -0.4 is 5.32 Å². The number of aromatic amines is 1. The second-order valence-electron chi connectivity index (χ2n) is 7.22. The standard InChI is InChI=1S/C18H25N5O4/c1-27-17(25)16-6-14-15(22-10-21-14)9-23(16)18(26)20-8-13-4-2-3-12(5-13)7-19-11-24/h10,12-13,16H,2-9H2,1H3,(H,20,26)(H,21,22). The molecule has 0 saturated heterocycles. The topological polar surface area (TPSA) is 117 Å². The van der Waals surface area contributed by atoms with Crippen molar-refractivity contribution in [2.24, 2.45) is 16.8 Å².